The van der Waals surface area contributed by atoms with E-state index in [9.17, 15) is 13.2 Å². The summed E-state index contributed by atoms with van der Waals surface area (Å²) < 4.78 is 27.0. The zero-order valence-corrected chi connectivity index (χ0v) is 11.9. The van der Waals surface area contributed by atoms with Gasteiger partial charge in [-0.05, 0) is 19.8 Å². The number of carboxylic acid groups (broad SMARTS) is 1. The molecule has 0 spiro atoms. The molecule has 0 bridgehead atoms. The molecule has 0 amide bonds. The SMILES string of the molecule is CCN(CC(C)C#N)S(=O)(=O)N1CCCC1C(=O)O. The van der Waals surface area contributed by atoms with Crippen LogP contribution in [-0.4, -0.2) is 53.8 Å². The fourth-order valence-electron chi connectivity index (χ4n) is 2.14. The minimum atomic E-state index is -3.82. The molecule has 1 N–H and O–H groups in total. The van der Waals surface area contributed by atoms with Crippen molar-refractivity contribution in [2.45, 2.75) is 32.7 Å². The van der Waals surface area contributed by atoms with E-state index in [-0.39, 0.29) is 19.6 Å². The van der Waals surface area contributed by atoms with Crippen LogP contribution in [0, 0.1) is 17.2 Å². The lowest BCUT2D eigenvalue weighted by Crippen LogP contribution is -2.49. The molecule has 1 aliphatic heterocycles. The Hall–Kier alpha value is -1.17. The van der Waals surface area contributed by atoms with Crippen molar-refractivity contribution in [3.05, 3.63) is 0 Å². The summed E-state index contributed by atoms with van der Waals surface area (Å²) in [5, 5.41) is 17.8. The molecule has 1 rings (SSSR count). The molecule has 108 valence electrons. The lowest BCUT2D eigenvalue weighted by atomic mass is 10.2. The van der Waals surface area contributed by atoms with Gasteiger partial charge in [-0.25, -0.2) is 0 Å². The van der Waals surface area contributed by atoms with Gasteiger partial charge < -0.3 is 5.11 Å². The fraction of sp³-hybridized carbons (Fsp3) is 0.818. The predicted molar refractivity (Wildman–Crippen MR) is 68.3 cm³/mol. The lowest BCUT2D eigenvalue weighted by Gasteiger charge is -2.29. The molecule has 1 saturated heterocycles. The van der Waals surface area contributed by atoms with E-state index in [1.807, 2.05) is 6.07 Å². The second kappa shape index (κ2) is 6.32. The van der Waals surface area contributed by atoms with Gasteiger partial charge in [0.05, 0.1) is 12.0 Å². The normalized spacial score (nSPS) is 22.3. The number of rotatable bonds is 6. The van der Waals surface area contributed by atoms with Gasteiger partial charge in [-0.2, -0.15) is 22.3 Å². The van der Waals surface area contributed by atoms with Crippen LogP contribution in [0.4, 0.5) is 0 Å². The van der Waals surface area contributed by atoms with Gasteiger partial charge in [0.2, 0.25) is 0 Å². The Balaban J connectivity index is 2.95. The van der Waals surface area contributed by atoms with Crippen LogP contribution >= 0.6 is 0 Å². The van der Waals surface area contributed by atoms with Gasteiger partial charge in [0, 0.05) is 19.6 Å². The summed E-state index contributed by atoms with van der Waals surface area (Å²) in [5.41, 5.74) is 0. The molecule has 0 radical (unpaired) electrons. The molecule has 1 fully saturated rings. The van der Waals surface area contributed by atoms with E-state index in [2.05, 4.69) is 0 Å². The molecule has 1 heterocycles. The monoisotopic (exact) mass is 289 g/mol. The number of nitrogens with zero attached hydrogens (tertiary/aromatic N) is 3. The van der Waals surface area contributed by atoms with E-state index in [4.69, 9.17) is 10.4 Å². The second-order valence-electron chi connectivity index (χ2n) is 4.60. The van der Waals surface area contributed by atoms with Crippen molar-refractivity contribution in [3.63, 3.8) is 0 Å². The average Bonchev–Trinajstić information content (AvgIpc) is 2.85. The maximum atomic E-state index is 12.4. The highest BCUT2D eigenvalue weighted by Gasteiger charge is 2.41. The second-order valence-corrected chi connectivity index (χ2v) is 6.48. The van der Waals surface area contributed by atoms with Crippen molar-refractivity contribution in [1.82, 2.24) is 8.61 Å². The predicted octanol–water partition coefficient (Wildman–Crippen LogP) is 0.262. The summed E-state index contributed by atoms with van der Waals surface area (Å²) >= 11 is 0. The summed E-state index contributed by atoms with van der Waals surface area (Å²) in [5.74, 6) is -1.55. The maximum Gasteiger partial charge on any atom is 0.322 e. The number of aliphatic carboxylic acids is 1. The molecule has 0 aromatic heterocycles. The van der Waals surface area contributed by atoms with E-state index >= 15 is 0 Å². The first-order valence-electron chi connectivity index (χ1n) is 6.24. The zero-order valence-electron chi connectivity index (χ0n) is 11.1. The summed E-state index contributed by atoms with van der Waals surface area (Å²) in [6.07, 6.45) is 0.876. The van der Waals surface area contributed by atoms with Gasteiger partial charge in [-0.15, -0.1) is 0 Å². The molecule has 0 aliphatic carbocycles. The Bertz CT molecular complexity index is 471. The standard InChI is InChI=1S/C11H19N3O4S/c1-3-13(8-9(2)7-12)19(17,18)14-6-4-5-10(14)11(15)16/h9-10H,3-6,8H2,1-2H3,(H,15,16). The van der Waals surface area contributed by atoms with Gasteiger partial charge in [0.25, 0.3) is 10.2 Å². The molecule has 8 heteroatoms. The average molecular weight is 289 g/mol. The highest BCUT2D eigenvalue weighted by molar-refractivity contribution is 7.86. The highest BCUT2D eigenvalue weighted by Crippen LogP contribution is 2.24. The Morgan fingerprint density at radius 1 is 1.63 bits per heavy atom. The molecular formula is C11H19N3O4S. The quantitative estimate of drug-likeness (QED) is 0.755. The number of carboxylic acids is 1. The zero-order chi connectivity index (χ0) is 14.6. The largest absolute Gasteiger partial charge is 0.480 e. The van der Waals surface area contributed by atoms with Crippen molar-refractivity contribution in [1.29, 1.82) is 5.26 Å². The Kier molecular flexibility index (Phi) is 5.29. The molecule has 7 nitrogen and oxygen atoms in total. The first kappa shape index (κ1) is 15.9. The minimum absolute atomic E-state index is 0.0815. The third-order valence-electron chi connectivity index (χ3n) is 3.16. The molecule has 2 unspecified atom stereocenters. The van der Waals surface area contributed by atoms with Gasteiger partial charge in [-0.1, -0.05) is 6.92 Å². The van der Waals surface area contributed by atoms with Crippen molar-refractivity contribution in [2.75, 3.05) is 19.6 Å². The number of carbonyl (C=O) groups is 1. The molecular weight excluding hydrogens is 270 g/mol. The van der Waals surface area contributed by atoms with E-state index in [0.29, 0.717) is 12.8 Å². The van der Waals surface area contributed by atoms with E-state index in [1.165, 1.54) is 4.31 Å². The molecule has 0 aromatic rings. The molecule has 19 heavy (non-hydrogen) atoms. The van der Waals surface area contributed by atoms with Crippen molar-refractivity contribution in [3.8, 4) is 6.07 Å². The Morgan fingerprint density at radius 2 is 2.26 bits per heavy atom. The summed E-state index contributed by atoms with van der Waals surface area (Å²) in [7, 11) is -3.82. The Morgan fingerprint density at radius 3 is 2.74 bits per heavy atom. The van der Waals surface area contributed by atoms with Crippen LogP contribution in [-0.2, 0) is 15.0 Å². The molecule has 1 aliphatic rings. The van der Waals surface area contributed by atoms with E-state index < -0.39 is 28.1 Å². The fourth-order valence-corrected chi connectivity index (χ4v) is 4.06. The van der Waals surface area contributed by atoms with Gasteiger partial charge in [0.15, 0.2) is 0 Å². The van der Waals surface area contributed by atoms with Crippen LogP contribution in [0.1, 0.15) is 26.7 Å². The smallest absolute Gasteiger partial charge is 0.322 e. The minimum Gasteiger partial charge on any atom is -0.480 e. The van der Waals surface area contributed by atoms with E-state index in [1.54, 1.807) is 13.8 Å². The number of hydrogen-bond acceptors (Lipinski definition) is 4. The van der Waals surface area contributed by atoms with Crippen molar-refractivity contribution in [2.24, 2.45) is 5.92 Å². The van der Waals surface area contributed by atoms with Gasteiger partial charge >= 0.3 is 5.97 Å². The van der Waals surface area contributed by atoms with Crippen LogP contribution in [0.2, 0.25) is 0 Å². The number of hydrogen-bond donors (Lipinski definition) is 1. The van der Waals surface area contributed by atoms with Gasteiger partial charge in [0.1, 0.15) is 6.04 Å². The van der Waals surface area contributed by atoms with Crippen molar-refractivity contribution >= 4 is 16.2 Å². The van der Waals surface area contributed by atoms with Crippen LogP contribution < -0.4 is 0 Å². The van der Waals surface area contributed by atoms with Crippen LogP contribution in [0.25, 0.3) is 0 Å². The third-order valence-corrected chi connectivity index (χ3v) is 5.25. The molecule has 2 atom stereocenters. The highest BCUT2D eigenvalue weighted by atomic mass is 32.2. The first-order valence-corrected chi connectivity index (χ1v) is 7.63. The number of nitriles is 1. The topological polar surface area (TPSA) is 102 Å². The van der Waals surface area contributed by atoms with E-state index in [0.717, 1.165) is 4.31 Å². The Labute approximate surface area is 113 Å². The summed E-state index contributed by atoms with van der Waals surface area (Å²) in [6.45, 7) is 3.83. The van der Waals surface area contributed by atoms with Crippen LogP contribution in [0.15, 0.2) is 0 Å². The third kappa shape index (κ3) is 3.43. The lowest BCUT2D eigenvalue weighted by molar-refractivity contribution is -0.140. The molecule has 0 saturated carbocycles. The first-order chi connectivity index (χ1) is 8.84. The van der Waals surface area contributed by atoms with Crippen molar-refractivity contribution < 1.29 is 18.3 Å². The van der Waals surface area contributed by atoms with Crippen LogP contribution in [0.5, 0.6) is 0 Å². The van der Waals surface area contributed by atoms with Gasteiger partial charge in [-0.3, -0.25) is 4.79 Å². The maximum absolute atomic E-state index is 12.4. The summed E-state index contributed by atoms with van der Waals surface area (Å²) in [6, 6.07) is 0.996. The summed E-state index contributed by atoms with van der Waals surface area (Å²) in [4.78, 5) is 11.1. The molecule has 0 aromatic carbocycles. The van der Waals surface area contributed by atoms with Crippen LogP contribution in [0.3, 0.4) is 0 Å².